The Labute approximate surface area is 200 Å². The molecule has 0 saturated carbocycles. The molecule has 2 aliphatic heterocycles. The number of rotatable bonds is 4. The van der Waals surface area contributed by atoms with Gasteiger partial charge in [-0.25, -0.2) is 13.4 Å². The third-order valence-electron chi connectivity index (χ3n) is 6.71. The predicted octanol–water partition coefficient (Wildman–Crippen LogP) is 2.13. The molecular formula is C25H29N5O3S. The lowest BCUT2D eigenvalue weighted by atomic mass is 10.1. The number of amides is 1. The van der Waals surface area contributed by atoms with Crippen LogP contribution in [0.5, 0.6) is 0 Å². The van der Waals surface area contributed by atoms with Gasteiger partial charge in [-0.05, 0) is 42.1 Å². The van der Waals surface area contributed by atoms with Crippen molar-refractivity contribution in [3.05, 3.63) is 66.4 Å². The van der Waals surface area contributed by atoms with E-state index < -0.39 is 10.0 Å². The number of anilines is 1. The van der Waals surface area contributed by atoms with E-state index in [1.807, 2.05) is 54.4 Å². The van der Waals surface area contributed by atoms with Crippen molar-refractivity contribution in [1.82, 2.24) is 19.1 Å². The van der Waals surface area contributed by atoms with Crippen LogP contribution in [0.2, 0.25) is 0 Å². The van der Waals surface area contributed by atoms with E-state index in [1.165, 1.54) is 10.5 Å². The second kappa shape index (κ2) is 9.32. The molecule has 0 N–H and O–H groups in total. The van der Waals surface area contributed by atoms with E-state index in [4.69, 9.17) is 0 Å². The molecule has 1 amide bonds. The molecule has 0 atom stereocenters. The van der Waals surface area contributed by atoms with E-state index in [0.717, 1.165) is 29.7 Å². The molecule has 2 saturated heterocycles. The highest BCUT2D eigenvalue weighted by atomic mass is 32.2. The van der Waals surface area contributed by atoms with Gasteiger partial charge >= 0.3 is 0 Å². The second-order valence-corrected chi connectivity index (χ2v) is 10.8. The van der Waals surface area contributed by atoms with Crippen molar-refractivity contribution in [2.24, 2.45) is 0 Å². The largest absolute Gasteiger partial charge is 0.353 e. The van der Waals surface area contributed by atoms with Crippen LogP contribution in [-0.2, 0) is 10.0 Å². The summed E-state index contributed by atoms with van der Waals surface area (Å²) in [6, 6.07) is 17.3. The van der Waals surface area contributed by atoms with E-state index in [0.29, 0.717) is 44.8 Å². The first kappa shape index (κ1) is 22.8. The number of hydrogen-bond donors (Lipinski definition) is 0. The number of benzene rings is 2. The zero-order valence-corrected chi connectivity index (χ0v) is 20.1. The topological polar surface area (TPSA) is 77.1 Å². The minimum atomic E-state index is -3.53. The van der Waals surface area contributed by atoms with E-state index in [1.54, 1.807) is 12.1 Å². The quantitative estimate of drug-likeness (QED) is 0.571. The molecule has 5 rings (SSSR count). The van der Waals surface area contributed by atoms with Gasteiger partial charge in [-0.2, -0.15) is 4.31 Å². The molecule has 2 aliphatic rings. The molecule has 9 heteroatoms. The number of fused-ring (bicyclic) bond motifs is 1. The van der Waals surface area contributed by atoms with Gasteiger partial charge in [0.1, 0.15) is 10.7 Å². The first-order chi connectivity index (χ1) is 16.4. The van der Waals surface area contributed by atoms with Crippen LogP contribution >= 0.6 is 0 Å². The van der Waals surface area contributed by atoms with Gasteiger partial charge in [0.15, 0.2) is 0 Å². The number of sulfonamides is 1. The van der Waals surface area contributed by atoms with Crippen molar-refractivity contribution < 1.29 is 13.2 Å². The Morgan fingerprint density at radius 1 is 0.824 bits per heavy atom. The van der Waals surface area contributed by atoms with E-state index >= 15 is 0 Å². The van der Waals surface area contributed by atoms with E-state index in [-0.39, 0.29) is 10.8 Å². The molecule has 8 nitrogen and oxygen atoms in total. The summed E-state index contributed by atoms with van der Waals surface area (Å²) in [5.74, 6) is 0.766. The van der Waals surface area contributed by atoms with Crippen LogP contribution in [0.25, 0.3) is 10.8 Å². The van der Waals surface area contributed by atoms with Crippen LogP contribution in [0.1, 0.15) is 10.4 Å². The molecule has 0 unspecified atom stereocenters. The number of hydrogen-bond acceptors (Lipinski definition) is 6. The smallest absolute Gasteiger partial charge is 0.253 e. The molecule has 0 spiro atoms. The maximum absolute atomic E-state index is 13.0. The Bertz CT molecular complexity index is 1280. The SMILES string of the molecule is CN1CCN(S(=O)(=O)c2ccc(N3CCN(C(=O)c4ccc5ccccc5c4)CC3)nc2)CC1. The zero-order chi connectivity index (χ0) is 23.7. The average Bonchev–Trinajstić information content (AvgIpc) is 2.88. The van der Waals surface area contributed by atoms with Crippen molar-refractivity contribution in [3.8, 4) is 0 Å². The number of piperazine rings is 2. The minimum absolute atomic E-state index is 0.0342. The Balaban J connectivity index is 1.22. The number of carbonyl (C=O) groups is 1. The monoisotopic (exact) mass is 479 g/mol. The van der Waals surface area contributed by atoms with Gasteiger partial charge in [0.2, 0.25) is 10.0 Å². The Kier molecular flexibility index (Phi) is 6.24. The number of carbonyl (C=O) groups excluding carboxylic acids is 1. The number of nitrogens with zero attached hydrogens (tertiary/aromatic N) is 5. The average molecular weight is 480 g/mol. The highest BCUT2D eigenvalue weighted by Gasteiger charge is 2.28. The molecule has 178 valence electrons. The van der Waals surface area contributed by atoms with Crippen LogP contribution in [0, 0.1) is 0 Å². The maximum Gasteiger partial charge on any atom is 0.253 e. The van der Waals surface area contributed by atoms with Crippen molar-refractivity contribution in [2.45, 2.75) is 4.90 Å². The standard InChI is InChI=1S/C25H29N5O3S/c1-27-10-16-30(17-11-27)34(32,33)23-8-9-24(26-19-23)28-12-14-29(15-13-28)25(31)22-7-6-20-4-2-3-5-21(20)18-22/h2-9,18-19H,10-17H2,1H3. The first-order valence-corrected chi connectivity index (χ1v) is 13.0. The fraction of sp³-hybridized carbons (Fsp3) is 0.360. The van der Waals surface area contributed by atoms with Crippen LogP contribution in [0.15, 0.2) is 65.7 Å². The van der Waals surface area contributed by atoms with E-state index in [2.05, 4.69) is 14.8 Å². The van der Waals surface area contributed by atoms with Gasteiger partial charge in [0, 0.05) is 64.1 Å². The summed E-state index contributed by atoms with van der Waals surface area (Å²) in [6.45, 7) is 4.93. The van der Waals surface area contributed by atoms with Crippen molar-refractivity contribution >= 4 is 32.5 Å². The van der Waals surface area contributed by atoms with Crippen LogP contribution < -0.4 is 4.90 Å². The number of pyridine rings is 1. The Hall–Kier alpha value is -3.01. The van der Waals surface area contributed by atoms with Gasteiger partial charge in [0.05, 0.1) is 0 Å². The van der Waals surface area contributed by atoms with Crippen molar-refractivity contribution in [2.75, 3.05) is 64.3 Å². The van der Waals surface area contributed by atoms with Crippen molar-refractivity contribution in [1.29, 1.82) is 0 Å². The fourth-order valence-electron chi connectivity index (χ4n) is 4.53. The Morgan fingerprint density at radius 3 is 2.21 bits per heavy atom. The molecule has 0 aliphatic carbocycles. The summed E-state index contributed by atoms with van der Waals surface area (Å²) in [4.78, 5) is 23.8. The molecule has 0 bridgehead atoms. The molecule has 34 heavy (non-hydrogen) atoms. The molecule has 2 aromatic carbocycles. The van der Waals surface area contributed by atoms with Gasteiger partial charge in [0.25, 0.3) is 5.91 Å². The molecule has 2 fully saturated rings. The summed E-state index contributed by atoms with van der Waals surface area (Å²) in [6.07, 6.45) is 1.45. The normalized spacial score (nSPS) is 18.4. The van der Waals surface area contributed by atoms with E-state index in [9.17, 15) is 13.2 Å². The molecule has 1 aromatic heterocycles. The number of aromatic nitrogens is 1. The summed E-state index contributed by atoms with van der Waals surface area (Å²) in [7, 11) is -1.53. The second-order valence-electron chi connectivity index (χ2n) is 8.90. The third kappa shape index (κ3) is 4.51. The lowest BCUT2D eigenvalue weighted by Gasteiger charge is -2.35. The fourth-order valence-corrected chi connectivity index (χ4v) is 5.90. The lowest BCUT2D eigenvalue weighted by Crippen LogP contribution is -2.49. The van der Waals surface area contributed by atoms with Gasteiger partial charge < -0.3 is 14.7 Å². The summed E-state index contributed by atoms with van der Waals surface area (Å²) < 4.78 is 27.4. The maximum atomic E-state index is 13.0. The first-order valence-electron chi connectivity index (χ1n) is 11.6. The van der Waals surface area contributed by atoms with Crippen LogP contribution in [0.4, 0.5) is 5.82 Å². The lowest BCUT2D eigenvalue weighted by molar-refractivity contribution is 0.0746. The highest BCUT2D eigenvalue weighted by molar-refractivity contribution is 7.89. The van der Waals surface area contributed by atoms with Gasteiger partial charge in [-0.15, -0.1) is 0 Å². The van der Waals surface area contributed by atoms with Crippen LogP contribution in [0.3, 0.4) is 0 Å². The third-order valence-corrected chi connectivity index (χ3v) is 8.59. The Morgan fingerprint density at radius 2 is 1.53 bits per heavy atom. The predicted molar refractivity (Wildman–Crippen MR) is 133 cm³/mol. The molecular weight excluding hydrogens is 450 g/mol. The van der Waals surface area contributed by atoms with Gasteiger partial charge in [-0.3, -0.25) is 4.79 Å². The van der Waals surface area contributed by atoms with Gasteiger partial charge in [-0.1, -0.05) is 30.3 Å². The van der Waals surface area contributed by atoms with Crippen molar-refractivity contribution in [3.63, 3.8) is 0 Å². The molecule has 3 aromatic rings. The number of likely N-dealkylation sites (N-methyl/N-ethyl adjacent to an activating group) is 1. The summed E-state index contributed by atoms with van der Waals surface area (Å²) >= 11 is 0. The highest BCUT2D eigenvalue weighted by Crippen LogP contribution is 2.22. The minimum Gasteiger partial charge on any atom is -0.353 e. The summed E-state index contributed by atoms with van der Waals surface area (Å²) in [5.41, 5.74) is 0.698. The molecule has 0 radical (unpaired) electrons. The summed E-state index contributed by atoms with van der Waals surface area (Å²) in [5, 5.41) is 2.18. The van der Waals surface area contributed by atoms with Crippen LogP contribution in [-0.4, -0.2) is 92.8 Å². The molecule has 3 heterocycles. The zero-order valence-electron chi connectivity index (χ0n) is 19.3.